The molecule has 0 bridgehead atoms. The van der Waals surface area contributed by atoms with Gasteiger partial charge in [0.25, 0.3) is 5.88 Å². The van der Waals surface area contributed by atoms with Crippen LogP contribution in [0.2, 0.25) is 0 Å². The highest BCUT2D eigenvalue weighted by Gasteiger charge is 2.22. The summed E-state index contributed by atoms with van der Waals surface area (Å²) in [5, 5.41) is 0. The van der Waals surface area contributed by atoms with Crippen LogP contribution in [0.15, 0.2) is 24.4 Å². The molecule has 0 radical (unpaired) electrons. The number of rotatable bonds is 15. The number of allylic oxidation sites excluding steroid dienone is 2. The molecule has 32 heavy (non-hydrogen) atoms. The van der Waals surface area contributed by atoms with Crippen LogP contribution in [0, 0.1) is 23.7 Å². The molecule has 0 spiro atoms. The lowest BCUT2D eigenvalue weighted by Gasteiger charge is -2.23. The topological polar surface area (TPSA) is 60.9 Å². The van der Waals surface area contributed by atoms with Gasteiger partial charge in [-0.3, -0.25) is 4.79 Å². The fourth-order valence-corrected chi connectivity index (χ4v) is 3.62. The van der Waals surface area contributed by atoms with Crippen LogP contribution < -0.4 is 9.47 Å². The molecule has 1 amide bonds. The molecule has 0 N–H and O–H groups in total. The molecule has 6 heteroatoms. The first-order chi connectivity index (χ1) is 15.2. The summed E-state index contributed by atoms with van der Waals surface area (Å²) in [5.74, 6) is 2.75. The largest absolute Gasteiger partial charge is 0.488 e. The van der Waals surface area contributed by atoms with Gasteiger partial charge in [-0.2, -0.15) is 0 Å². The number of ether oxygens (including phenoxy) is 3. The van der Waals surface area contributed by atoms with E-state index in [2.05, 4.69) is 44.8 Å². The molecule has 0 aliphatic rings. The van der Waals surface area contributed by atoms with Gasteiger partial charge in [-0.05, 0) is 48.6 Å². The molecule has 0 unspecified atom stereocenters. The molecule has 1 aromatic rings. The van der Waals surface area contributed by atoms with Crippen molar-refractivity contribution in [3.63, 3.8) is 0 Å². The number of methoxy groups -OCH3 is 2. The molecule has 6 nitrogen and oxygen atoms in total. The minimum absolute atomic E-state index is 0.0300. The predicted octanol–water partition coefficient (Wildman–Crippen LogP) is 5.02. The molecule has 1 heterocycles. The Kier molecular flexibility index (Phi) is 13.0. The van der Waals surface area contributed by atoms with Crippen LogP contribution in [0.3, 0.4) is 0 Å². The Morgan fingerprint density at radius 1 is 1.06 bits per heavy atom. The second-order valence-corrected chi connectivity index (χ2v) is 9.28. The number of hydrogen-bond donors (Lipinski definition) is 0. The van der Waals surface area contributed by atoms with Gasteiger partial charge < -0.3 is 19.1 Å². The van der Waals surface area contributed by atoms with Crippen molar-refractivity contribution in [1.29, 1.82) is 0 Å². The normalized spacial score (nSPS) is 13.6. The molecule has 182 valence electrons. The maximum absolute atomic E-state index is 12.4. The van der Waals surface area contributed by atoms with Crippen LogP contribution in [0.25, 0.3) is 0 Å². The molecule has 0 aliphatic heterocycles. The van der Waals surface area contributed by atoms with Crippen LogP contribution in [-0.4, -0.2) is 57.3 Å². The number of hydrogen-bond acceptors (Lipinski definition) is 5. The predicted molar refractivity (Wildman–Crippen MR) is 130 cm³/mol. The van der Waals surface area contributed by atoms with E-state index in [-0.39, 0.29) is 11.8 Å². The second-order valence-electron chi connectivity index (χ2n) is 9.28. The molecule has 0 aromatic carbocycles. The van der Waals surface area contributed by atoms with Crippen molar-refractivity contribution in [1.82, 2.24) is 9.88 Å². The van der Waals surface area contributed by atoms with Crippen molar-refractivity contribution >= 4 is 5.91 Å². The van der Waals surface area contributed by atoms with Gasteiger partial charge in [0.1, 0.15) is 0 Å². The minimum Gasteiger partial charge on any atom is -0.488 e. The Bertz CT molecular complexity index is 701. The van der Waals surface area contributed by atoms with Gasteiger partial charge in [0.15, 0.2) is 5.75 Å². The van der Waals surface area contributed by atoms with E-state index in [1.807, 2.05) is 26.4 Å². The highest BCUT2D eigenvalue weighted by molar-refractivity contribution is 5.78. The first-order valence-electron chi connectivity index (χ1n) is 11.7. The first-order valence-corrected chi connectivity index (χ1v) is 11.7. The van der Waals surface area contributed by atoms with E-state index in [4.69, 9.17) is 14.2 Å². The number of aromatic nitrogens is 1. The van der Waals surface area contributed by atoms with E-state index in [1.54, 1.807) is 19.1 Å². The molecular weight excluding hydrogens is 404 g/mol. The van der Waals surface area contributed by atoms with Crippen LogP contribution in [0.4, 0.5) is 0 Å². The third kappa shape index (κ3) is 9.60. The number of carbonyl (C=O) groups is 1. The first kappa shape index (κ1) is 28.0. The maximum Gasteiger partial charge on any atom is 0.256 e. The average molecular weight is 449 g/mol. The van der Waals surface area contributed by atoms with E-state index >= 15 is 0 Å². The van der Waals surface area contributed by atoms with Crippen molar-refractivity contribution in [3.8, 4) is 11.6 Å². The monoisotopic (exact) mass is 448 g/mol. The van der Waals surface area contributed by atoms with Gasteiger partial charge in [-0.25, -0.2) is 4.98 Å². The lowest BCUT2D eigenvalue weighted by Crippen LogP contribution is -2.32. The van der Waals surface area contributed by atoms with Crippen LogP contribution >= 0.6 is 0 Å². The van der Waals surface area contributed by atoms with E-state index in [1.165, 1.54) is 0 Å². The van der Waals surface area contributed by atoms with Crippen molar-refractivity contribution < 1.29 is 19.0 Å². The van der Waals surface area contributed by atoms with E-state index in [9.17, 15) is 4.79 Å². The van der Waals surface area contributed by atoms with Crippen LogP contribution in [0.5, 0.6) is 11.6 Å². The molecule has 1 rings (SSSR count). The standard InChI is InChI=1S/C26H44N2O4/c1-19(2)22(12-9-10-13-23(20(3)4)26(29)28(5)6)16-21-17-24(25(31-8)27-18-21)32-15-11-14-30-7/h9-10,17-20,22-23H,11-16H2,1-8H3/b10-9+/t22-,23+/m1/s1. The highest BCUT2D eigenvalue weighted by atomic mass is 16.5. The van der Waals surface area contributed by atoms with Gasteiger partial charge in [0.2, 0.25) is 5.91 Å². The maximum atomic E-state index is 12.4. The number of nitrogens with zero attached hydrogens (tertiary/aromatic N) is 2. The van der Waals surface area contributed by atoms with E-state index in [0.29, 0.717) is 42.6 Å². The van der Waals surface area contributed by atoms with Gasteiger partial charge >= 0.3 is 0 Å². The Labute approximate surface area is 195 Å². The van der Waals surface area contributed by atoms with E-state index in [0.717, 1.165) is 31.2 Å². The quantitative estimate of drug-likeness (QED) is 0.279. The van der Waals surface area contributed by atoms with Gasteiger partial charge in [0.05, 0.1) is 13.7 Å². The summed E-state index contributed by atoms with van der Waals surface area (Å²) in [7, 11) is 6.95. The third-order valence-corrected chi connectivity index (χ3v) is 5.82. The number of amides is 1. The molecule has 0 aliphatic carbocycles. The number of carbonyl (C=O) groups excluding carboxylic acids is 1. The summed E-state index contributed by atoms with van der Waals surface area (Å²) in [5.41, 5.74) is 1.14. The lowest BCUT2D eigenvalue weighted by molar-refractivity contribution is -0.134. The fourth-order valence-electron chi connectivity index (χ4n) is 3.62. The summed E-state index contributed by atoms with van der Waals surface area (Å²) in [6.45, 7) is 9.96. The summed E-state index contributed by atoms with van der Waals surface area (Å²) in [6, 6.07) is 2.04. The summed E-state index contributed by atoms with van der Waals surface area (Å²) < 4.78 is 16.3. The summed E-state index contributed by atoms with van der Waals surface area (Å²) in [4.78, 5) is 18.6. The van der Waals surface area contributed by atoms with Gasteiger partial charge in [-0.15, -0.1) is 0 Å². The smallest absolute Gasteiger partial charge is 0.256 e. The minimum atomic E-state index is 0.0300. The van der Waals surface area contributed by atoms with Gasteiger partial charge in [-0.1, -0.05) is 39.8 Å². The Balaban J connectivity index is 2.78. The van der Waals surface area contributed by atoms with Crippen molar-refractivity contribution in [2.75, 3.05) is 41.5 Å². The van der Waals surface area contributed by atoms with Crippen LogP contribution in [-0.2, 0) is 16.0 Å². The summed E-state index contributed by atoms with van der Waals surface area (Å²) >= 11 is 0. The highest BCUT2D eigenvalue weighted by Crippen LogP contribution is 2.29. The SMILES string of the molecule is COCCCOc1cc(C[C@@H](C/C=C/C[C@H](C(=O)N(C)C)C(C)C)C(C)C)cnc1OC. The zero-order valence-corrected chi connectivity index (χ0v) is 21.4. The number of pyridine rings is 1. The molecule has 0 saturated heterocycles. The van der Waals surface area contributed by atoms with E-state index < -0.39 is 0 Å². The average Bonchev–Trinajstić information content (AvgIpc) is 2.75. The lowest BCUT2D eigenvalue weighted by atomic mass is 9.86. The Morgan fingerprint density at radius 3 is 2.31 bits per heavy atom. The molecule has 0 fully saturated rings. The fraction of sp³-hybridized carbons (Fsp3) is 0.692. The summed E-state index contributed by atoms with van der Waals surface area (Å²) in [6.07, 6.45) is 9.77. The third-order valence-electron chi connectivity index (χ3n) is 5.82. The molecule has 1 aromatic heterocycles. The zero-order chi connectivity index (χ0) is 24.1. The second kappa shape index (κ2) is 14.9. The van der Waals surface area contributed by atoms with Crippen molar-refractivity contribution in [3.05, 3.63) is 30.0 Å². The Morgan fingerprint density at radius 2 is 1.75 bits per heavy atom. The molecular formula is C26H44N2O4. The van der Waals surface area contributed by atoms with Crippen molar-refractivity contribution in [2.24, 2.45) is 23.7 Å². The van der Waals surface area contributed by atoms with Gasteiger partial charge in [0, 0.05) is 46.3 Å². The zero-order valence-electron chi connectivity index (χ0n) is 21.4. The molecule has 0 saturated carbocycles. The molecule has 2 atom stereocenters. The Hall–Kier alpha value is -2.08. The van der Waals surface area contributed by atoms with Crippen LogP contribution in [0.1, 0.15) is 52.5 Å². The van der Waals surface area contributed by atoms with Crippen molar-refractivity contribution in [2.45, 2.75) is 53.4 Å².